The van der Waals surface area contributed by atoms with Gasteiger partial charge in [-0.05, 0) is 53.9 Å². The Morgan fingerprint density at radius 3 is 2.57 bits per heavy atom. The van der Waals surface area contributed by atoms with Crippen molar-refractivity contribution in [2.75, 3.05) is 0 Å². The highest BCUT2D eigenvalue weighted by atomic mass is 35.5. The number of carbonyl (C=O) groups is 1. The summed E-state index contributed by atoms with van der Waals surface area (Å²) in [5.74, 6) is 0. The van der Waals surface area contributed by atoms with Crippen molar-refractivity contribution in [1.82, 2.24) is 9.97 Å². The van der Waals surface area contributed by atoms with Gasteiger partial charge in [-0.15, -0.1) is 0 Å². The molecule has 2 aromatic heterocycles. The number of carbonyl (C=O) groups excluding carboxylic acids is 1. The maximum absolute atomic E-state index is 11.8. The van der Waals surface area contributed by atoms with Crippen LogP contribution in [0.15, 0.2) is 48.8 Å². The molecule has 0 aliphatic heterocycles. The van der Waals surface area contributed by atoms with E-state index in [2.05, 4.69) is 16.9 Å². The van der Waals surface area contributed by atoms with Gasteiger partial charge in [0.2, 0.25) is 0 Å². The molecule has 0 saturated carbocycles. The number of rotatable bonds is 3. The highest BCUT2D eigenvalue weighted by Crippen LogP contribution is 2.26. The molecule has 3 nitrogen and oxygen atoms in total. The molecule has 0 atom stereocenters. The molecule has 0 bridgehead atoms. The van der Waals surface area contributed by atoms with E-state index in [1.165, 1.54) is 0 Å². The summed E-state index contributed by atoms with van der Waals surface area (Å²) in [7, 11) is 0. The van der Waals surface area contributed by atoms with Crippen molar-refractivity contribution in [3.05, 3.63) is 59.9 Å². The summed E-state index contributed by atoms with van der Waals surface area (Å²) in [6.07, 6.45) is 4.30. The summed E-state index contributed by atoms with van der Waals surface area (Å²) >= 11 is 5.76. The summed E-state index contributed by atoms with van der Waals surface area (Å²) < 4.78 is 0. The average molecular weight is 297 g/mol. The van der Waals surface area contributed by atoms with Crippen LogP contribution in [0, 0.1) is 0 Å². The van der Waals surface area contributed by atoms with Gasteiger partial charge in [-0.3, -0.25) is 9.78 Å². The van der Waals surface area contributed by atoms with Gasteiger partial charge in [-0.2, -0.15) is 0 Å². The zero-order valence-electron chi connectivity index (χ0n) is 11.5. The molecule has 3 aromatic rings. The van der Waals surface area contributed by atoms with Crippen molar-refractivity contribution in [2.24, 2.45) is 0 Å². The average Bonchev–Trinajstić information content (AvgIpc) is 2.54. The predicted octanol–water partition coefficient (Wildman–Crippen LogP) is 4.24. The molecular formula is C17H13ClN2O. The van der Waals surface area contributed by atoms with E-state index in [0.29, 0.717) is 5.56 Å². The Morgan fingerprint density at radius 1 is 1.14 bits per heavy atom. The predicted molar refractivity (Wildman–Crippen MR) is 84.5 cm³/mol. The number of halogens is 1. The van der Waals surface area contributed by atoms with Gasteiger partial charge in [0.1, 0.15) is 0 Å². The number of nitrogens with zero attached hydrogens (tertiary/aromatic N) is 2. The van der Waals surface area contributed by atoms with Gasteiger partial charge in [0.05, 0.1) is 11.2 Å². The second-order valence-electron chi connectivity index (χ2n) is 4.77. The van der Waals surface area contributed by atoms with Crippen molar-refractivity contribution < 1.29 is 4.79 Å². The van der Waals surface area contributed by atoms with E-state index in [4.69, 9.17) is 11.6 Å². The van der Waals surface area contributed by atoms with Crippen molar-refractivity contribution >= 4 is 27.7 Å². The monoisotopic (exact) mass is 296 g/mol. The molecule has 3 rings (SSSR count). The summed E-state index contributed by atoms with van der Waals surface area (Å²) in [6.45, 7) is 2.07. The summed E-state index contributed by atoms with van der Waals surface area (Å²) in [6, 6.07) is 11.4. The van der Waals surface area contributed by atoms with Crippen molar-refractivity contribution in [2.45, 2.75) is 13.3 Å². The van der Waals surface area contributed by atoms with Crippen LogP contribution in [0.5, 0.6) is 0 Å². The number of aromatic nitrogens is 2. The lowest BCUT2D eigenvalue weighted by atomic mass is 10.0. The van der Waals surface area contributed by atoms with Gasteiger partial charge in [0.15, 0.2) is 0 Å². The number of hydrogen-bond donors (Lipinski definition) is 0. The Bertz CT molecular complexity index is 816. The fraction of sp³-hybridized carbons (Fsp3) is 0.118. The lowest BCUT2D eigenvalue weighted by molar-refractivity contribution is 0.108. The molecule has 0 spiro atoms. The van der Waals surface area contributed by atoms with Crippen LogP contribution < -0.4 is 0 Å². The number of fused-ring (bicyclic) bond motifs is 1. The van der Waals surface area contributed by atoms with Crippen LogP contribution >= 0.6 is 11.6 Å². The van der Waals surface area contributed by atoms with E-state index in [1.54, 1.807) is 18.5 Å². The molecule has 0 aliphatic rings. The first kappa shape index (κ1) is 13.7. The number of hydrogen-bond acceptors (Lipinski definition) is 3. The van der Waals surface area contributed by atoms with E-state index >= 15 is 0 Å². The van der Waals surface area contributed by atoms with Gasteiger partial charge in [-0.1, -0.05) is 13.0 Å². The normalized spacial score (nSPS) is 10.8. The molecule has 0 unspecified atom stereocenters. The SMILES string of the molecule is CCc1ccc2nc(-c3ccncc3)cc(C(=O)Cl)c2c1. The van der Waals surface area contributed by atoms with E-state index in [1.807, 2.05) is 30.3 Å². The molecule has 104 valence electrons. The van der Waals surface area contributed by atoms with Gasteiger partial charge < -0.3 is 0 Å². The standard InChI is InChI=1S/C17H13ClN2O/c1-2-11-3-4-15-13(9-11)14(17(18)21)10-16(20-15)12-5-7-19-8-6-12/h3-10H,2H2,1H3. The molecule has 21 heavy (non-hydrogen) atoms. The first-order valence-corrected chi connectivity index (χ1v) is 7.10. The van der Waals surface area contributed by atoms with Crippen LogP contribution in [0.25, 0.3) is 22.2 Å². The van der Waals surface area contributed by atoms with Crippen molar-refractivity contribution in [3.63, 3.8) is 0 Å². The van der Waals surface area contributed by atoms with E-state index in [9.17, 15) is 4.79 Å². The Labute approximate surface area is 127 Å². The highest BCUT2D eigenvalue weighted by molar-refractivity contribution is 6.68. The molecule has 0 fully saturated rings. The molecule has 0 amide bonds. The first-order valence-electron chi connectivity index (χ1n) is 6.73. The third kappa shape index (κ3) is 2.65. The van der Waals surface area contributed by atoms with Crippen LogP contribution in [0.1, 0.15) is 22.8 Å². The quantitative estimate of drug-likeness (QED) is 0.679. The minimum absolute atomic E-state index is 0.467. The fourth-order valence-electron chi connectivity index (χ4n) is 2.33. The fourth-order valence-corrected chi connectivity index (χ4v) is 2.48. The first-order chi connectivity index (χ1) is 10.2. The van der Waals surface area contributed by atoms with Crippen LogP contribution in [0.4, 0.5) is 0 Å². The Kier molecular flexibility index (Phi) is 3.67. The van der Waals surface area contributed by atoms with Crippen LogP contribution in [0.3, 0.4) is 0 Å². The van der Waals surface area contributed by atoms with Crippen molar-refractivity contribution in [1.29, 1.82) is 0 Å². The van der Waals surface area contributed by atoms with Gasteiger partial charge >= 0.3 is 0 Å². The topological polar surface area (TPSA) is 42.9 Å². The Morgan fingerprint density at radius 2 is 1.90 bits per heavy atom. The molecule has 2 heterocycles. The number of pyridine rings is 2. The third-order valence-corrected chi connectivity index (χ3v) is 3.67. The number of aryl methyl sites for hydroxylation is 1. The van der Waals surface area contributed by atoms with E-state index in [-0.39, 0.29) is 0 Å². The lowest BCUT2D eigenvalue weighted by Gasteiger charge is -2.08. The maximum atomic E-state index is 11.8. The lowest BCUT2D eigenvalue weighted by Crippen LogP contribution is -1.97. The van der Waals surface area contributed by atoms with Crippen LogP contribution in [-0.2, 0) is 6.42 Å². The van der Waals surface area contributed by atoms with Gasteiger partial charge in [0.25, 0.3) is 5.24 Å². The minimum Gasteiger partial charge on any atom is -0.276 e. The highest BCUT2D eigenvalue weighted by Gasteiger charge is 2.12. The Balaban J connectivity index is 2.29. The van der Waals surface area contributed by atoms with Gasteiger partial charge in [0, 0.05) is 28.9 Å². The van der Waals surface area contributed by atoms with Crippen LogP contribution in [0.2, 0.25) is 0 Å². The van der Waals surface area contributed by atoms with E-state index < -0.39 is 5.24 Å². The second-order valence-corrected chi connectivity index (χ2v) is 5.11. The molecule has 1 aromatic carbocycles. The largest absolute Gasteiger partial charge is 0.276 e. The second kappa shape index (κ2) is 5.62. The molecule has 0 aliphatic carbocycles. The molecular weight excluding hydrogens is 284 g/mol. The van der Waals surface area contributed by atoms with Gasteiger partial charge in [-0.25, -0.2) is 4.98 Å². The maximum Gasteiger partial charge on any atom is 0.253 e. The third-order valence-electron chi connectivity index (χ3n) is 3.47. The van der Waals surface area contributed by atoms with Crippen molar-refractivity contribution in [3.8, 4) is 11.3 Å². The summed E-state index contributed by atoms with van der Waals surface area (Å²) in [5.41, 5.74) is 4.04. The molecule has 0 radical (unpaired) electrons. The molecule has 0 N–H and O–H groups in total. The zero-order chi connectivity index (χ0) is 14.8. The molecule has 4 heteroatoms. The smallest absolute Gasteiger partial charge is 0.253 e. The zero-order valence-corrected chi connectivity index (χ0v) is 12.3. The molecule has 0 saturated heterocycles. The van der Waals surface area contributed by atoms with E-state index in [0.717, 1.165) is 34.1 Å². The number of benzene rings is 1. The summed E-state index contributed by atoms with van der Waals surface area (Å²) in [4.78, 5) is 20.4. The van der Waals surface area contributed by atoms with Crippen LogP contribution in [-0.4, -0.2) is 15.2 Å². The minimum atomic E-state index is -0.467. The Hall–Kier alpha value is -2.26. The summed E-state index contributed by atoms with van der Waals surface area (Å²) in [5, 5.41) is 0.332.